The number of thiazole rings is 1. The summed E-state index contributed by atoms with van der Waals surface area (Å²) in [5.41, 5.74) is 1.37. The number of aromatic nitrogens is 1. The van der Waals surface area contributed by atoms with Gasteiger partial charge in [0.2, 0.25) is 5.91 Å². The average Bonchev–Trinajstić information content (AvgIpc) is 3.30. The number of amides is 1. The standard InChI is InChI=1S/C19H22N2O2S/c22-18(21(15-7-8-15)13-19(23)9-4-10-19)11-17-20-16(12-24-17)14-5-2-1-3-6-14/h1-3,5-6,12,15,23H,4,7-11,13H2. The van der Waals surface area contributed by atoms with Crippen LogP contribution >= 0.6 is 11.3 Å². The van der Waals surface area contributed by atoms with E-state index in [1.165, 1.54) is 11.3 Å². The first-order valence-electron chi connectivity index (χ1n) is 8.65. The van der Waals surface area contributed by atoms with Crippen molar-refractivity contribution in [1.82, 2.24) is 9.88 Å². The second-order valence-electron chi connectivity index (χ2n) is 7.00. The molecule has 2 aliphatic carbocycles. The number of carbonyl (C=O) groups excluding carboxylic acids is 1. The molecule has 2 aliphatic rings. The van der Waals surface area contributed by atoms with E-state index < -0.39 is 5.60 Å². The Balaban J connectivity index is 1.44. The molecule has 1 aromatic heterocycles. The van der Waals surface area contributed by atoms with Crippen LogP contribution in [0.3, 0.4) is 0 Å². The maximum absolute atomic E-state index is 12.7. The summed E-state index contributed by atoms with van der Waals surface area (Å²) in [6.07, 6.45) is 5.17. The lowest BCUT2D eigenvalue weighted by molar-refractivity contribution is -0.138. The van der Waals surface area contributed by atoms with Crippen LogP contribution in [0.5, 0.6) is 0 Å². The predicted octanol–water partition coefficient (Wildman–Crippen LogP) is 3.26. The Labute approximate surface area is 146 Å². The Bertz CT molecular complexity index is 720. The van der Waals surface area contributed by atoms with Gasteiger partial charge in [-0.15, -0.1) is 11.3 Å². The van der Waals surface area contributed by atoms with E-state index in [0.29, 0.717) is 19.0 Å². The van der Waals surface area contributed by atoms with Crippen molar-refractivity contribution >= 4 is 17.2 Å². The van der Waals surface area contributed by atoms with Crippen LogP contribution < -0.4 is 0 Å². The fraction of sp³-hybridized carbons (Fsp3) is 0.474. The molecule has 0 saturated heterocycles. The molecule has 1 amide bonds. The lowest BCUT2D eigenvalue weighted by atomic mass is 9.80. The smallest absolute Gasteiger partial charge is 0.229 e. The van der Waals surface area contributed by atoms with Crippen molar-refractivity contribution in [2.75, 3.05) is 6.54 Å². The van der Waals surface area contributed by atoms with Gasteiger partial charge in [0, 0.05) is 23.5 Å². The number of carbonyl (C=O) groups is 1. The van der Waals surface area contributed by atoms with Crippen molar-refractivity contribution in [2.24, 2.45) is 0 Å². The molecule has 0 unspecified atom stereocenters. The van der Waals surface area contributed by atoms with E-state index in [1.54, 1.807) is 0 Å². The number of hydrogen-bond donors (Lipinski definition) is 1. The first-order chi connectivity index (χ1) is 11.6. The number of nitrogens with zero attached hydrogens (tertiary/aromatic N) is 2. The molecule has 4 rings (SSSR count). The van der Waals surface area contributed by atoms with Gasteiger partial charge < -0.3 is 10.0 Å². The maximum Gasteiger partial charge on any atom is 0.229 e. The lowest BCUT2D eigenvalue weighted by Gasteiger charge is -2.40. The summed E-state index contributed by atoms with van der Waals surface area (Å²) < 4.78 is 0. The largest absolute Gasteiger partial charge is 0.388 e. The highest BCUT2D eigenvalue weighted by Gasteiger charge is 2.42. The van der Waals surface area contributed by atoms with Crippen molar-refractivity contribution in [1.29, 1.82) is 0 Å². The van der Waals surface area contributed by atoms with Gasteiger partial charge in [-0.2, -0.15) is 0 Å². The molecule has 2 fully saturated rings. The highest BCUT2D eigenvalue weighted by molar-refractivity contribution is 7.10. The molecule has 0 spiro atoms. The molecule has 0 atom stereocenters. The summed E-state index contributed by atoms with van der Waals surface area (Å²) in [5.74, 6) is 0.104. The molecule has 1 aromatic carbocycles. The van der Waals surface area contributed by atoms with Crippen molar-refractivity contribution in [3.8, 4) is 11.3 Å². The first kappa shape index (κ1) is 15.8. The summed E-state index contributed by atoms with van der Waals surface area (Å²) in [6, 6.07) is 10.4. The molecule has 24 heavy (non-hydrogen) atoms. The van der Waals surface area contributed by atoms with Crippen molar-refractivity contribution in [3.05, 3.63) is 40.7 Å². The zero-order valence-electron chi connectivity index (χ0n) is 13.6. The minimum Gasteiger partial charge on any atom is -0.388 e. The van der Waals surface area contributed by atoms with E-state index in [4.69, 9.17) is 0 Å². The van der Waals surface area contributed by atoms with Gasteiger partial charge in [0.1, 0.15) is 5.01 Å². The monoisotopic (exact) mass is 342 g/mol. The topological polar surface area (TPSA) is 53.4 Å². The molecule has 0 radical (unpaired) electrons. The van der Waals surface area contributed by atoms with E-state index in [2.05, 4.69) is 4.98 Å². The molecule has 1 heterocycles. The van der Waals surface area contributed by atoms with Gasteiger partial charge in [-0.3, -0.25) is 4.79 Å². The van der Waals surface area contributed by atoms with Gasteiger partial charge >= 0.3 is 0 Å². The molecule has 126 valence electrons. The van der Waals surface area contributed by atoms with Gasteiger partial charge in [0.05, 0.1) is 17.7 Å². The zero-order chi connectivity index (χ0) is 16.6. The third-order valence-electron chi connectivity index (χ3n) is 4.98. The Kier molecular flexibility index (Phi) is 4.14. The van der Waals surface area contributed by atoms with E-state index in [-0.39, 0.29) is 5.91 Å². The van der Waals surface area contributed by atoms with Gasteiger partial charge in [-0.1, -0.05) is 30.3 Å². The molecule has 0 aliphatic heterocycles. The molecular formula is C19H22N2O2S. The van der Waals surface area contributed by atoms with E-state index in [0.717, 1.165) is 48.4 Å². The highest BCUT2D eigenvalue weighted by Crippen LogP contribution is 2.36. The second-order valence-corrected chi connectivity index (χ2v) is 7.94. The van der Waals surface area contributed by atoms with Crippen molar-refractivity contribution in [3.63, 3.8) is 0 Å². The van der Waals surface area contributed by atoms with Crippen molar-refractivity contribution in [2.45, 2.75) is 50.2 Å². The molecule has 1 N–H and O–H groups in total. The van der Waals surface area contributed by atoms with E-state index in [1.807, 2.05) is 40.6 Å². The average molecular weight is 342 g/mol. The summed E-state index contributed by atoms with van der Waals surface area (Å²) in [4.78, 5) is 19.3. The van der Waals surface area contributed by atoms with Crippen LogP contribution in [0.1, 0.15) is 37.1 Å². The van der Waals surface area contributed by atoms with Gasteiger partial charge in [0.15, 0.2) is 0 Å². The fourth-order valence-corrected chi connectivity index (χ4v) is 4.03. The molecule has 2 saturated carbocycles. The van der Waals surface area contributed by atoms with Crippen LogP contribution in [0, 0.1) is 0 Å². The van der Waals surface area contributed by atoms with E-state index in [9.17, 15) is 9.90 Å². The molecule has 0 bridgehead atoms. The third-order valence-corrected chi connectivity index (χ3v) is 5.83. The van der Waals surface area contributed by atoms with Crippen LogP contribution in [0.25, 0.3) is 11.3 Å². The SMILES string of the molecule is O=C(Cc1nc(-c2ccccc2)cs1)N(CC1(O)CCC1)C1CC1. The fourth-order valence-electron chi connectivity index (χ4n) is 3.23. The minimum absolute atomic E-state index is 0.104. The summed E-state index contributed by atoms with van der Waals surface area (Å²) in [7, 11) is 0. The number of rotatable bonds is 6. The predicted molar refractivity (Wildman–Crippen MR) is 94.8 cm³/mol. The van der Waals surface area contributed by atoms with Crippen molar-refractivity contribution < 1.29 is 9.90 Å². The Morgan fingerprint density at radius 2 is 2.04 bits per heavy atom. The lowest BCUT2D eigenvalue weighted by Crippen LogP contribution is -2.51. The minimum atomic E-state index is -0.643. The van der Waals surface area contributed by atoms with Gasteiger partial charge in [-0.05, 0) is 32.1 Å². The number of aliphatic hydroxyl groups is 1. The van der Waals surface area contributed by atoms with Gasteiger partial charge in [0.25, 0.3) is 0 Å². The highest BCUT2D eigenvalue weighted by atomic mass is 32.1. The number of hydrogen-bond acceptors (Lipinski definition) is 4. The molecule has 5 heteroatoms. The molecular weight excluding hydrogens is 320 g/mol. The van der Waals surface area contributed by atoms with Crippen LogP contribution in [-0.2, 0) is 11.2 Å². The quantitative estimate of drug-likeness (QED) is 0.877. The normalized spacial score (nSPS) is 18.9. The maximum atomic E-state index is 12.7. The number of benzene rings is 1. The van der Waals surface area contributed by atoms with Crippen LogP contribution in [0.4, 0.5) is 0 Å². The Morgan fingerprint density at radius 3 is 2.67 bits per heavy atom. The van der Waals surface area contributed by atoms with Gasteiger partial charge in [-0.25, -0.2) is 4.98 Å². The Hall–Kier alpha value is -1.72. The molecule has 4 nitrogen and oxygen atoms in total. The second kappa shape index (κ2) is 6.30. The summed E-state index contributed by atoms with van der Waals surface area (Å²) in [5, 5.41) is 13.3. The van der Waals surface area contributed by atoms with Crippen LogP contribution in [0.2, 0.25) is 0 Å². The summed E-state index contributed by atoms with van der Waals surface area (Å²) in [6.45, 7) is 0.493. The van der Waals surface area contributed by atoms with Crippen LogP contribution in [-0.4, -0.2) is 39.1 Å². The third kappa shape index (κ3) is 3.37. The molecule has 2 aromatic rings. The van der Waals surface area contributed by atoms with E-state index >= 15 is 0 Å². The first-order valence-corrected chi connectivity index (χ1v) is 9.53. The summed E-state index contributed by atoms with van der Waals surface area (Å²) >= 11 is 1.54. The van der Waals surface area contributed by atoms with Crippen LogP contribution in [0.15, 0.2) is 35.7 Å². The Morgan fingerprint density at radius 1 is 1.29 bits per heavy atom. The zero-order valence-corrected chi connectivity index (χ0v) is 14.5.